The van der Waals surface area contributed by atoms with E-state index in [0.717, 1.165) is 0 Å². The summed E-state index contributed by atoms with van der Waals surface area (Å²) in [5, 5.41) is 6.10. The monoisotopic (exact) mass is 456 g/mol. The minimum atomic E-state index is -3.88. The molecule has 2 aromatic heterocycles. The van der Waals surface area contributed by atoms with Crippen molar-refractivity contribution in [1.82, 2.24) is 10.1 Å². The van der Waals surface area contributed by atoms with Crippen molar-refractivity contribution >= 4 is 44.5 Å². The molecule has 2 heterocycles. The van der Waals surface area contributed by atoms with E-state index < -0.39 is 28.5 Å². The number of benzene rings is 2. The quantitative estimate of drug-likeness (QED) is 0.399. The van der Waals surface area contributed by atoms with Gasteiger partial charge in [-0.2, -0.15) is 0 Å². The molecular weight excluding hydrogens is 440 g/mol. The number of ether oxygens (including phenoxy) is 1. The number of fused-ring (bicyclic) bond motifs is 1. The number of nitrogens with zero attached hydrogens (tertiary/aromatic N) is 2. The second-order valence-corrected chi connectivity index (χ2v) is 8.29. The van der Waals surface area contributed by atoms with Crippen LogP contribution in [0.15, 0.2) is 68.8 Å². The van der Waals surface area contributed by atoms with E-state index in [2.05, 4.69) is 20.2 Å². The molecule has 164 valence electrons. The van der Waals surface area contributed by atoms with Gasteiger partial charge in [0.2, 0.25) is 0 Å². The number of aromatic nitrogens is 2. The van der Waals surface area contributed by atoms with Gasteiger partial charge in [-0.1, -0.05) is 5.16 Å². The Balaban J connectivity index is 1.32. The van der Waals surface area contributed by atoms with Crippen LogP contribution < -0.4 is 10.0 Å². The number of carbonyl (C=O) groups is 2. The Labute approximate surface area is 181 Å². The van der Waals surface area contributed by atoms with Gasteiger partial charge in [0.25, 0.3) is 15.9 Å². The average Bonchev–Trinajstić information content (AvgIpc) is 3.40. The van der Waals surface area contributed by atoms with Gasteiger partial charge in [0.15, 0.2) is 24.4 Å². The molecule has 0 aliphatic heterocycles. The number of rotatable bonds is 7. The van der Waals surface area contributed by atoms with Gasteiger partial charge in [-0.05, 0) is 49.4 Å². The molecule has 2 N–H and O–H groups in total. The van der Waals surface area contributed by atoms with Crippen molar-refractivity contribution in [3.63, 3.8) is 0 Å². The minimum absolute atomic E-state index is 0.0363. The minimum Gasteiger partial charge on any atom is -0.452 e. The van der Waals surface area contributed by atoms with Crippen LogP contribution in [0.2, 0.25) is 0 Å². The molecule has 4 rings (SSSR count). The Morgan fingerprint density at radius 3 is 2.59 bits per heavy atom. The molecule has 0 atom stereocenters. The topological polar surface area (TPSA) is 154 Å². The van der Waals surface area contributed by atoms with E-state index in [1.54, 1.807) is 13.0 Å². The molecule has 0 bridgehead atoms. The Hall–Kier alpha value is -4.19. The van der Waals surface area contributed by atoms with Crippen LogP contribution in [-0.2, 0) is 19.6 Å². The van der Waals surface area contributed by atoms with E-state index >= 15 is 0 Å². The predicted octanol–water partition coefficient (Wildman–Crippen LogP) is 2.72. The zero-order valence-electron chi connectivity index (χ0n) is 16.6. The SMILES string of the molecule is Cc1cc(NS(=O)(=O)c2ccc(NC(=O)COC(=O)c3ccc4ocnc4c3)cc2)no1. The summed E-state index contributed by atoms with van der Waals surface area (Å²) in [4.78, 5) is 28.1. The third-order valence-corrected chi connectivity index (χ3v) is 5.59. The van der Waals surface area contributed by atoms with E-state index in [0.29, 0.717) is 22.5 Å². The summed E-state index contributed by atoms with van der Waals surface area (Å²) >= 11 is 0. The van der Waals surface area contributed by atoms with Crippen molar-refractivity contribution in [2.45, 2.75) is 11.8 Å². The summed E-state index contributed by atoms with van der Waals surface area (Å²) < 4.78 is 42.0. The Kier molecular flexibility index (Phi) is 5.60. The molecule has 2 aromatic carbocycles. The summed E-state index contributed by atoms with van der Waals surface area (Å²) in [6, 6.07) is 11.4. The van der Waals surface area contributed by atoms with Crippen molar-refractivity contribution in [2.75, 3.05) is 16.6 Å². The molecule has 0 saturated carbocycles. The maximum atomic E-state index is 12.4. The van der Waals surface area contributed by atoms with Crippen LogP contribution >= 0.6 is 0 Å². The Bertz CT molecular complexity index is 1390. The first kappa shape index (κ1) is 21.1. The fourth-order valence-electron chi connectivity index (χ4n) is 2.72. The first-order chi connectivity index (χ1) is 15.3. The number of aryl methyl sites for hydroxylation is 1. The number of carbonyl (C=O) groups excluding carboxylic acids is 2. The number of anilines is 2. The zero-order valence-corrected chi connectivity index (χ0v) is 17.4. The number of amides is 1. The largest absolute Gasteiger partial charge is 0.452 e. The summed E-state index contributed by atoms with van der Waals surface area (Å²) in [5.41, 5.74) is 1.57. The fraction of sp³-hybridized carbons (Fsp3) is 0.100. The van der Waals surface area contributed by atoms with Crippen LogP contribution in [0.1, 0.15) is 16.1 Å². The van der Waals surface area contributed by atoms with Gasteiger partial charge in [-0.3, -0.25) is 9.52 Å². The maximum absolute atomic E-state index is 12.4. The molecule has 0 saturated heterocycles. The van der Waals surface area contributed by atoms with Crippen molar-refractivity contribution in [3.05, 3.63) is 66.2 Å². The number of esters is 1. The lowest BCUT2D eigenvalue weighted by Gasteiger charge is -2.08. The number of hydrogen-bond donors (Lipinski definition) is 2. The number of oxazole rings is 1. The predicted molar refractivity (Wildman–Crippen MR) is 111 cm³/mol. The average molecular weight is 456 g/mol. The number of hydrogen-bond acceptors (Lipinski definition) is 9. The standard InChI is InChI=1S/C20H16N4O7S/c1-12-8-18(23-31-12)24-32(27,28)15-5-3-14(4-6-15)22-19(25)10-29-20(26)13-2-7-17-16(9-13)21-11-30-17/h2-9,11H,10H2,1H3,(H,22,25)(H,23,24). The van der Waals surface area contributed by atoms with E-state index in [9.17, 15) is 18.0 Å². The second-order valence-electron chi connectivity index (χ2n) is 6.61. The molecule has 0 fully saturated rings. The Morgan fingerprint density at radius 1 is 1.09 bits per heavy atom. The second kappa shape index (κ2) is 8.51. The van der Waals surface area contributed by atoms with E-state index in [1.807, 2.05) is 0 Å². The van der Waals surface area contributed by atoms with Crippen LogP contribution in [0, 0.1) is 6.92 Å². The highest BCUT2D eigenvalue weighted by Gasteiger charge is 2.17. The van der Waals surface area contributed by atoms with Gasteiger partial charge < -0.3 is 19.0 Å². The van der Waals surface area contributed by atoms with Gasteiger partial charge >= 0.3 is 5.97 Å². The maximum Gasteiger partial charge on any atom is 0.338 e. The smallest absolute Gasteiger partial charge is 0.338 e. The van der Waals surface area contributed by atoms with E-state index in [-0.39, 0.29) is 16.3 Å². The summed E-state index contributed by atoms with van der Waals surface area (Å²) in [5.74, 6) is -0.766. The summed E-state index contributed by atoms with van der Waals surface area (Å²) in [6.45, 7) is 1.11. The van der Waals surface area contributed by atoms with Gasteiger partial charge in [-0.25, -0.2) is 18.2 Å². The highest BCUT2D eigenvalue weighted by atomic mass is 32.2. The van der Waals surface area contributed by atoms with Gasteiger partial charge in [-0.15, -0.1) is 0 Å². The van der Waals surface area contributed by atoms with Crippen LogP contribution in [0.5, 0.6) is 0 Å². The molecule has 4 aromatic rings. The number of sulfonamides is 1. The van der Waals surface area contributed by atoms with Gasteiger partial charge in [0.05, 0.1) is 10.5 Å². The zero-order chi connectivity index (χ0) is 22.7. The fourth-order valence-corrected chi connectivity index (χ4v) is 3.71. The van der Waals surface area contributed by atoms with Gasteiger partial charge in [0.1, 0.15) is 11.3 Å². The highest BCUT2D eigenvalue weighted by Crippen LogP contribution is 2.18. The first-order valence-electron chi connectivity index (χ1n) is 9.16. The van der Waals surface area contributed by atoms with Gasteiger partial charge in [0, 0.05) is 11.8 Å². The molecular formula is C20H16N4O7S. The first-order valence-corrected chi connectivity index (χ1v) is 10.6. The molecule has 0 aliphatic carbocycles. The van der Waals surface area contributed by atoms with E-state index in [4.69, 9.17) is 13.7 Å². The molecule has 12 heteroatoms. The van der Waals surface area contributed by atoms with Crippen molar-refractivity contribution in [2.24, 2.45) is 0 Å². The highest BCUT2D eigenvalue weighted by molar-refractivity contribution is 7.92. The van der Waals surface area contributed by atoms with Crippen LogP contribution in [0.25, 0.3) is 11.1 Å². The van der Waals surface area contributed by atoms with E-state index in [1.165, 1.54) is 48.9 Å². The van der Waals surface area contributed by atoms with Crippen LogP contribution in [-0.4, -0.2) is 37.0 Å². The lowest BCUT2D eigenvalue weighted by Crippen LogP contribution is -2.21. The summed E-state index contributed by atoms with van der Waals surface area (Å²) in [6.07, 6.45) is 1.26. The van der Waals surface area contributed by atoms with Crippen molar-refractivity contribution in [1.29, 1.82) is 0 Å². The molecule has 0 spiro atoms. The third-order valence-electron chi connectivity index (χ3n) is 4.22. The molecule has 0 aliphatic rings. The lowest BCUT2D eigenvalue weighted by molar-refractivity contribution is -0.119. The normalized spacial score (nSPS) is 11.3. The third kappa shape index (κ3) is 4.75. The number of nitrogens with one attached hydrogen (secondary N) is 2. The van der Waals surface area contributed by atoms with Crippen molar-refractivity contribution < 1.29 is 31.7 Å². The van der Waals surface area contributed by atoms with Crippen LogP contribution in [0.3, 0.4) is 0 Å². The molecule has 0 radical (unpaired) electrons. The summed E-state index contributed by atoms with van der Waals surface area (Å²) in [7, 11) is -3.88. The molecule has 1 amide bonds. The lowest BCUT2D eigenvalue weighted by atomic mass is 10.2. The molecule has 32 heavy (non-hydrogen) atoms. The Morgan fingerprint density at radius 2 is 1.88 bits per heavy atom. The van der Waals surface area contributed by atoms with Crippen molar-refractivity contribution in [3.8, 4) is 0 Å². The molecule has 11 nitrogen and oxygen atoms in total. The molecule has 0 unspecified atom stereocenters. The van der Waals surface area contributed by atoms with Crippen LogP contribution in [0.4, 0.5) is 11.5 Å².